The molecule has 0 aromatic heterocycles. The molecule has 254 valence electrons. The van der Waals surface area contributed by atoms with E-state index >= 15 is 0 Å². The van der Waals surface area contributed by atoms with Gasteiger partial charge in [-0.3, -0.25) is 4.74 Å². The molecule has 0 aliphatic carbocycles. The molecule has 5 aromatic carbocycles. The Morgan fingerprint density at radius 2 is 1.04 bits per heavy atom. The summed E-state index contributed by atoms with van der Waals surface area (Å²) >= 11 is 18.9. The molecule has 0 aliphatic rings. The molecule has 0 radical (unpaired) electrons. The monoisotopic (exact) mass is 750 g/mol. The Bertz CT molecular complexity index is 1810. The molecule has 12 heteroatoms. The van der Waals surface area contributed by atoms with Gasteiger partial charge in [-0.1, -0.05) is 108 Å². The normalized spacial score (nSPS) is 12.8. The first-order chi connectivity index (χ1) is 23.1. The number of benzene rings is 5. The van der Waals surface area contributed by atoms with Crippen LogP contribution in [0.5, 0.6) is 0 Å². The second kappa shape index (κ2) is 15.1. The van der Waals surface area contributed by atoms with Crippen LogP contribution in [-0.2, 0) is 18.8 Å². The number of nitrogens with zero attached hydrogens (tertiary/aromatic N) is 1. The quantitative estimate of drug-likeness (QED) is 0.112. The summed E-state index contributed by atoms with van der Waals surface area (Å²) in [7, 11) is -2.82. The molecule has 0 aliphatic heterocycles. The summed E-state index contributed by atoms with van der Waals surface area (Å²) in [5.41, 5.74) is -1.96. The van der Waals surface area contributed by atoms with Crippen molar-refractivity contribution in [3.63, 3.8) is 0 Å². The maximum Gasteiger partial charge on any atom is 0.416 e. The average Bonchev–Trinajstić information content (AvgIpc) is 3.06. The van der Waals surface area contributed by atoms with Crippen molar-refractivity contribution >= 4 is 57.8 Å². The third-order valence-corrected chi connectivity index (χ3v) is 12.2. The van der Waals surface area contributed by atoms with Crippen molar-refractivity contribution in [3.05, 3.63) is 171 Å². The highest BCUT2D eigenvalue weighted by Gasteiger charge is 2.37. The highest BCUT2D eigenvalue weighted by Crippen LogP contribution is 2.47. The second-order valence-electron chi connectivity index (χ2n) is 11.2. The largest absolute Gasteiger partial charge is 0.416 e. The van der Waals surface area contributed by atoms with Gasteiger partial charge in [0.15, 0.2) is 0 Å². The summed E-state index contributed by atoms with van der Waals surface area (Å²) in [6.45, 7) is 4.14. The van der Waals surface area contributed by atoms with Crippen molar-refractivity contribution in [2.75, 3.05) is 6.54 Å². The van der Waals surface area contributed by atoms with Gasteiger partial charge in [0.1, 0.15) is 0 Å². The highest BCUT2D eigenvalue weighted by molar-refractivity contribution is 7.87. The van der Waals surface area contributed by atoms with Gasteiger partial charge >= 0.3 is 12.4 Å². The predicted molar refractivity (Wildman–Crippen MR) is 189 cm³/mol. The van der Waals surface area contributed by atoms with Gasteiger partial charge in [-0.05, 0) is 65.7 Å². The van der Waals surface area contributed by atoms with E-state index in [0.29, 0.717) is 27.2 Å². The van der Waals surface area contributed by atoms with Gasteiger partial charge in [-0.15, -0.1) is 0 Å². The van der Waals surface area contributed by atoms with Gasteiger partial charge in [-0.25, -0.2) is 0 Å². The molecular weight excluding hydrogens is 724 g/mol. The second-order valence-corrected chi connectivity index (χ2v) is 15.6. The fourth-order valence-electron chi connectivity index (χ4n) is 5.45. The van der Waals surface area contributed by atoms with Crippen molar-refractivity contribution in [2.45, 2.75) is 24.8 Å². The number of alkyl halides is 6. The van der Waals surface area contributed by atoms with Gasteiger partial charge in [-0.2, -0.15) is 26.3 Å². The standard InChI is InChI=1S/C37H28Cl3F6N2P/c1-24(19-25-20-27(36(41,42)43)22-28(21-25)37(44,45)46)48-35(26-5-3-2-4-6-26)23-47-49(32-13-7-29(38)8-14-32,33-15-9-30(39)10-16-33)34-17-11-31(40)12-18-34/h2-18,20-22,35,48H,1,19,23H2/t35-/m1/s1. The Kier molecular flexibility index (Phi) is 11.2. The summed E-state index contributed by atoms with van der Waals surface area (Å²) in [6.07, 6.45) is -10.2. The summed E-state index contributed by atoms with van der Waals surface area (Å²) in [5.74, 6) is 0. The third kappa shape index (κ3) is 8.92. The van der Waals surface area contributed by atoms with E-state index in [2.05, 4.69) is 11.9 Å². The van der Waals surface area contributed by atoms with Crippen LogP contribution in [0.1, 0.15) is 28.3 Å². The van der Waals surface area contributed by atoms with Gasteiger partial charge in [0.05, 0.1) is 30.8 Å². The van der Waals surface area contributed by atoms with Crippen molar-refractivity contribution in [2.24, 2.45) is 4.74 Å². The molecule has 0 amide bonds. The number of hydrogen-bond donors (Lipinski definition) is 1. The van der Waals surface area contributed by atoms with Crippen LogP contribution in [0.15, 0.2) is 138 Å². The average molecular weight is 752 g/mol. The van der Waals surface area contributed by atoms with Crippen LogP contribution in [0, 0.1) is 0 Å². The minimum absolute atomic E-state index is 0.110. The lowest BCUT2D eigenvalue weighted by Crippen LogP contribution is -2.28. The van der Waals surface area contributed by atoms with Crippen LogP contribution < -0.4 is 21.2 Å². The number of halogens is 9. The number of hydrogen-bond acceptors (Lipinski definition) is 2. The van der Waals surface area contributed by atoms with Crippen LogP contribution in [0.2, 0.25) is 15.1 Å². The molecule has 0 bridgehead atoms. The zero-order valence-electron chi connectivity index (χ0n) is 25.5. The summed E-state index contributed by atoms with van der Waals surface area (Å²) in [5, 5.41) is 7.53. The molecular formula is C37H28Cl3F6N2P. The van der Waals surface area contributed by atoms with Crippen LogP contribution in [0.4, 0.5) is 26.3 Å². The Morgan fingerprint density at radius 1 is 0.633 bits per heavy atom. The van der Waals surface area contributed by atoms with Gasteiger partial charge < -0.3 is 5.32 Å². The number of nitrogens with one attached hydrogen (secondary N) is 1. The van der Waals surface area contributed by atoms with E-state index in [9.17, 15) is 26.3 Å². The van der Waals surface area contributed by atoms with Crippen LogP contribution in [0.3, 0.4) is 0 Å². The van der Waals surface area contributed by atoms with E-state index < -0.39 is 36.6 Å². The molecule has 0 saturated carbocycles. The van der Waals surface area contributed by atoms with Gasteiger partial charge in [0.2, 0.25) is 0 Å². The first kappa shape index (κ1) is 36.6. The van der Waals surface area contributed by atoms with Gasteiger partial charge in [0, 0.05) is 43.1 Å². The zero-order chi connectivity index (χ0) is 35.4. The Balaban J connectivity index is 1.61. The van der Waals surface area contributed by atoms with E-state index in [1.54, 1.807) is 36.4 Å². The summed E-state index contributed by atoms with van der Waals surface area (Å²) in [4.78, 5) is 0. The molecule has 0 unspecified atom stereocenters. The summed E-state index contributed by atoms with van der Waals surface area (Å²) < 4.78 is 86.9. The van der Waals surface area contributed by atoms with E-state index in [-0.39, 0.29) is 30.3 Å². The lowest BCUT2D eigenvalue weighted by atomic mass is 10.0. The Labute approximate surface area is 295 Å². The van der Waals surface area contributed by atoms with Crippen LogP contribution in [0.25, 0.3) is 0 Å². The molecule has 49 heavy (non-hydrogen) atoms. The number of allylic oxidation sites excluding steroid dienone is 1. The zero-order valence-corrected chi connectivity index (χ0v) is 28.7. The van der Waals surface area contributed by atoms with E-state index in [0.717, 1.165) is 21.5 Å². The molecule has 0 heterocycles. The lowest BCUT2D eigenvalue weighted by molar-refractivity contribution is -0.143. The first-order valence-corrected chi connectivity index (χ1v) is 17.7. The molecule has 0 spiro atoms. The Hall–Kier alpha value is -3.68. The highest BCUT2D eigenvalue weighted by atomic mass is 35.5. The maximum atomic E-state index is 13.6. The van der Waals surface area contributed by atoms with E-state index in [1.807, 2.05) is 66.7 Å². The van der Waals surface area contributed by atoms with E-state index in [1.165, 1.54) is 0 Å². The molecule has 0 saturated heterocycles. The maximum absolute atomic E-state index is 13.6. The Morgan fingerprint density at radius 3 is 1.43 bits per heavy atom. The fraction of sp³-hybridized carbons (Fsp3) is 0.135. The molecule has 1 atom stereocenters. The van der Waals surface area contributed by atoms with Gasteiger partial charge in [0.25, 0.3) is 0 Å². The molecule has 2 nitrogen and oxygen atoms in total. The first-order valence-electron chi connectivity index (χ1n) is 14.8. The topological polar surface area (TPSA) is 24.4 Å². The molecule has 5 aromatic rings. The molecule has 0 fully saturated rings. The fourth-order valence-corrected chi connectivity index (χ4v) is 9.36. The minimum atomic E-state index is -4.96. The van der Waals surface area contributed by atoms with Crippen molar-refractivity contribution in [1.82, 2.24) is 5.32 Å². The smallest absolute Gasteiger partial charge is 0.380 e. The molecule has 1 N–H and O–H groups in total. The van der Waals surface area contributed by atoms with E-state index in [4.69, 9.17) is 39.5 Å². The van der Waals surface area contributed by atoms with Crippen LogP contribution in [-0.4, -0.2) is 6.54 Å². The summed E-state index contributed by atoms with van der Waals surface area (Å²) in [6, 6.07) is 32.4. The minimum Gasteiger partial charge on any atom is -0.380 e. The molecule has 5 rings (SSSR count). The third-order valence-electron chi connectivity index (χ3n) is 7.72. The lowest BCUT2D eigenvalue weighted by Gasteiger charge is -2.29. The SMILES string of the molecule is C=C(Cc1cc(C(F)(F)F)cc(C(F)(F)F)c1)N[C@H](CN=P(c1ccc(Cl)cc1)(c1ccc(Cl)cc1)c1ccc(Cl)cc1)c1ccccc1. The van der Waals surface area contributed by atoms with Crippen molar-refractivity contribution in [1.29, 1.82) is 0 Å². The van der Waals surface area contributed by atoms with Crippen molar-refractivity contribution < 1.29 is 26.3 Å². The number of rotatable bonds is 10. The van der Waals surface area contributed by atoms with Crippen LogP contribution >= 0.6 is 41.9 Å². The predicted octanol–water partition coefficient (Wildman–Crippen LogP) is 11.2. The van der Waals surface area contributed by atoms with Crippen molar-refractivity contribution in [3.8, 4) is 0 Å².